The van der Waals surface area contributed by atoms with Gasteiger partial charge in [-0.3, -0.25) is 9.36 Å². The molecule has 0 aliphatic carbocycles. The highest BCUT2D eigenvalue weighted by molar-refractivity contribution is 5.85. The first-order valence-electron chi connectivity index (χ1n) is 9.79. The zero-order chi connectivity index (χ0) is 18.6. The Bertz CT molecular complexity index is 925. The maximum absolute atomic E-state index is 12.8. The summed E-state index contributed by atoms with van der Waals surface area (Å²) in [5.74, 6) is 1.12. The lowest BCUT2D eigenvalue weighted by molar-refractivity contribution is -0.134. The van der Waals surface area contributed by atoms with E-state index in [0.717, 1.165) is 48.4 Å². The molecule has 0 saturated carbocycles. The number of carbonyl (C=O) groups excluding carboxylic acids is 1. The molecule has 1 amide bonds. The highest BCUT2D eigenvalue weighted by Gasteiger charge is 2.25. The maximum Gasteiger partial charge on any atom is 0.223 e. The maximum atomic E-state index is 12.8. The average molecular weight is 399 g/mol. The summed E-state index contributed by atoms with van der Waals surface area (Å²) in [5, 5.41) is 0. The summed E-state index contributed by atoms with van der Waals surface area (Å²) in [6, 6.07) is 18.5. The number of carbonyl (C=O) groups is 1. The smallest absolute Gasteiger partial charge is 0.223 e. The van der Waals surface area contributed by atoms with E-state index in [4.69, 9.17) is 10.7 Å². The number of halogens is 1. The van der Waals surface area contributed by atoms with E-state index in [-0.39, 0.29) is 24.4 Å². The number of rotatable bonds is 5. The lowest BCUT2D eigenvalue weighted by atomic mass is 10.0. The fourth-order valence-electron chi connectivity index (χ4n) is 4.05. The van der Waals surface area contributed by atoms with E-state index >= 15 is 0 Å². The normalized spacial score (nSPS) is 16.8. The number of piperidine rings is 1. The van der Waals surface area contributed by atoms with Gasteiger partial charge in [0.25, 0.3) is 0 Å². The Kier molecular flexibility index (Phi) is 6.70. The lowest BCUT2D eigenvalue weighted by Crippen LogP contribution is -2.47. The molecule has 1 atom stereocenters. The van der Waals surface area contributed by atoms with Crippen LogP contribution in [0.25, 0.3) is 16.7 Å². The summed E-state index contributed by atoms with van der Waals surface area (Å²) >= 11 is 0. The molecule has 4 rings (SSSR count). The number of likely N-dealkylation sites (tertiary alicyclic amines) is 1. The van der Waals surface area contributed by atoms with Crippen molar-refractivity contribution in [1.82, 2.24) is 14.5 Å². The lowest BCUT2D eigenvalue weighted by Gasteiger charge is -2.35. The van der Waals surface area contributed by atoms with Crippen LogP contribution in [0.1, 0.15) is 31.5 Å². The molecule has 1 unspecified atom stereocenters. The molecule has 28 heavy (non-hydrogen) atoms. The van der Waals surface area contributed by atoms with Crippen LogP contribution in [0.15, 0.2) is 54.6 Å². The number of hydrogen-bond acceptors (Lipinski definition) is 3. The van der Waals surface area contributed by atoms with Crippen molar-refractivity contribution in [3.63, 3.8) is 0 Å². The average Bonchev–Trinajstić information content (AvgIpc) is 3.11. The molecule has 2 N–H and O–H groups in total. The molecule has 6 heteroatoms. The van der Waals surface area contributed by atoms with Gasteiger partial charge in [0, 0.05) is 37.7 Å². The summed E-state index contributed by atoms with van der Waals surface area (Å²) in [5.41, 5.74) is 8.99. The van der Waals surface area contributed by atoms with E-state index in [1.54, 1.807) is 0 Å². The van der Waals surface area contributed by atoms with Crippen molar-refractivity contribution < 1.29 is 4.79 Å². The largest absolute Gasteiger partial charge is 0.338 e. The molecule has 2 heterocycles. The number of benzene rings is 2. The van der Waals surface area contributed by atoms with Crippen molar-refractivity contribution in [1.29, 1.82) is 0 Å². The number of hydrogen-bond donors (Lipinski definition) is 1. The van der Waals surface area contributed by atoms with Crippen molar-refractivity contribution in [2.45, 2.75) is 38.1 Å². The van der Waals surface area contributed by atoms with Gasteiger partial charge in [-0.15, -0.1) is 12.4 Å². The van der Waals surface area contributed by atoms with Gasteiger partial charge in [0.1, 0.15) is 5.82 Å². The molecule has 1 aliphatic rings. The third-order valence-electron chi connectivity index (χ3n) is 5.43. The summed E-state index contributed by atoms with van der Waals surface area (Å²) in [6.45, 7) is 1.38. The van der Waals surface area contributed by atoms with Gasteiger partial charge < -0.3 is 10.6 Å². The van der Waals surface area contributed by atoms with Gasteiger partial charge in [0.05, 0.1) is 11.0 Å². The third-order valence-corrected chi connectivity index (χ3v) is 5.43. The standard InChI is InChI=1S/C22H26N4O.ClH/c23-16-18-10-6-7-15-25(18)22(27)14-13-21-24-19-11-4-5-12-20(19)26(21)17-8-2-1-3-9-17;/h1-5,8-9,11-12,18H,6-7,10,13-16,23H2;1H. The van der Waals surface area contributed by atoms with Crippen molar-refractivity contribution in [3.8, 4) is 5.69 Å². The minimum Gasteiger partial charge on any atom is -0.338 e. The van der Waals surface area contributed by atoms with E-state index in [9.17, 15) is 4.79 Å². The van der Waals surface area contributed by atoms with Crippen LogP contribution in [-0.4, -0.2) is 39.5 Å². The van der Waals surface area contributed by atoms with E-state index in [1.165, 1.54) is 0 Å². The quantitative estimate of drug-likeness (QED) is 0.712. The monoisotopic (exact) mass is 398 g/mol. The number of nitrogens with zero attached hydrogens (tertiary/aromatic N) is 3. The molecule has 2 aromatic carbocycles. The van der Waals surface area contributed by atoms with Crippen LogP contribution < -0.4 is 5.73 Å². The molecular formula is C22H27ClN4O. The SMILES string of the molecule is Cl.NCC1CCCCN1C(=O)CCc1nc2ccccc2n1-c1ccccc1. The topological polar surface area (TPSA) is 64.2 Å². The second kappa shape index (κ2) is 9.22. The predicted octanol–water partition coefficient (Wildman–Crippen LogP) is 3.72. The highest BCUT2D eigenvalue weighted by Crippen LogP contribution is 2.23. The molecule has 0 radical (unpaired) electrons. The molecule has 1 aromatic heterocycles. The second-order valence-electron chi connectivity index (χ2n) is 7.16. The van der Waals surface area contributed by atoms with Crippen LogP contribution in [0.5, 0.6) is 0 Å². The summed E-state index contributed by atoms with van der Waals surface area (Å²) < 4.78 is 2.17. The molecule has 0 bridgehead atoms. The Morgan fingerprint density at radius 3 is 2.61 bits per heavy atom. The highest BCUT2D eigenvalue weighted by atomic mass is 35.5. The Labute approximate surface area is 172 Å². The number of nitrogens with two attached hydrogens (primary N) is 1. The minimum atomic E-state index is 0. The summed E-state index contributed by atoms with van der Waals surface area (Å²) in [6.07, 6.45) is 4.34. The molecule has 0 spiro atoms. The van der Waals surface area contributed by atoms with Gasteiger partial charge in [-0.05, 0) is 43.5 Å². The van der Waals surface area contributed by atoms with Crippen LogP contribution in [-0.2, 0) is 11.2 Å². The zero-order valence-corrected chi connectivity index (χ0v) is 16.8. The first kappa shape index (κ1) is 20.4. The number of aromatic nitrogens is 2. The van der Waals surface area contributed by atoms with E-state index in [0.29, 0.717) is 19.4 Å². The number of aryl methyl sites for hydroxylation is 1. The third kappa shape index (κ3) is 4.05. The number of imidazole rings is 1. The van der Waals surface area contributed by atoms with Crippen molar-refractivity contribution in [2.75, 3.05) is 13.1 Å². The van der Waals surface area contributed by atoms with E-state index in [1.807, 2.05) is 41.3 Å². The Balaban J connectivity index is 0.00000225. The Morgan fingerprint density at radius 2 is 1.82 bits per heavy atom. The van der Waals surface area contributed by atoms with Gasteiger partial charge in [-0.1, -0.05) is 30.3 Å². The van der Waals surface area contributed by atoms with E-state index in [2.05, 4.69) is 22.8 Å². The van der Waals surface area contributed by atoms with Crippen LogP contribution >= 0.6 is 12.4 Å². The fraction of sp³-hybridized carbons (Fsp3) is 0.364. The summed E-state index contributed by atoms with van der Waals surface area (Å²) in [7, 11) is 0. The van der Waals surface area contributed by atoms with Crippen molar-refractivity contribution >= 4 is 29.3 Å². The van der Waals surface area contributed by atoms with Crippen LogP contribution in [0.4, 0.5) is 0 Å². The number of fused-ring (bicyclic) bond motifs is 1. The second-order valence-corrected chi connectivity index (χ2v) is 7.16. The Morgan fingerprint density at radius 1 is 1.07 bits per heavy atom. The van der Waals surface area contributed by atoms with Crippen molar-refractivity contribution in [3.05, 3.63) is 60.4 Å². The molecule has 1 saturated heterocycles. The van der Waals surface area contributed by atoms with Gasteiger partial charge in [0.15, 0.2) is 0 Å². The summed E-state index contributed by atoms with van der Waals surface area (Å²) in [4.78, 5) is 19.6. The predicted molar refractivity (Wildman–Crippen MR) is 115 cm³/mol. The zero-order valence-electron chi connectivity index (χ0n) is 16.0. The van der Waals surface area contributed by atoms with Crippen LogP contribution in [0, 0.1) is 0 Å². The van der Waals surface area contributed by atoms with Gasteiger partial charge >= 0.3 is 0 Å². The van der Waals surface area contributed by atoms with Gasteiger partial charge in [-0.2, -0.15) is 0 Å². The van der Waals surface area contributed by atoms with E-state index < -0.39 is 0 Å². The number of amides is 1. The van der Waals surface area contributed by atoms with Crippen LogP contribution in [0.2, 0.25) is 0 Å². The number of para-hydroxylation sites is 3. The van der Waals surface area contributed by atoms with Crippen LogP contribution in [0.3, 0.4) is 0 Å². The molecule has 1 aliphatic heterocycles. The molecule has 5 nitrogen and oxygen atoms in total. The first-order chi connectivity index (χ1) is 13.3. The first-order valence-corrected chi connectivity index (χ1v) is 9.79. The minimum absolute atomic E-state index is 0. The van der Waals surface area contributed by atoms with Gasteiger partial charge in [-0.25, -0.2) is 4.98 Å². The molecule has 3 aromatic rings. The fourth-order valence-corrected chi connectivity index (χ4v) is 4.05. The van der Waals surface area contributed by atoms with Crippen molar-refractivity contribution in [2.24, 2.45) is 5.73 Å². The van der Waals surface area contributed by atoms with Gasteiger partial charge in [0.2, 0.25) is 5.91 Å². The molecule has 1 fully saturated rings. The molecular weight excluding hydrogens is 372 g/mol. The molecule has 148 valence electrons. The Hall–Kier alpha value is -2.37.